The van der Waals surface area contributed by atoms with E-state index in [1.165, 1.54) is 19.3 Å². The molecule has 1 rings (SSSR count). The Kier molecular flexibility index (Phi) is 10.2. The average molecular weight is 296 g/mol. The molecular formula is C18H32O3. The van der Waals surface area contributed by atoms with E-state index in [1.54, 1.807) is 0 Å². The van der Waals surface area contributed by atoms with Crippen LogP contribution < -0.4 is 0 Å². The molecule has 2 atom stereocenters. The van der Waals surface area contributed by atoms with Gasteiger partial charge in [0.05, 0.1) is 6.10 Å². The Balaban J connectivity index is 2.53. The molecule has 1 N–H and O–H groups in total. The fourth-order valence-corrected chi connectivity index (χ4v) is 2.72. The molecule has 3 nitrogen and oxygen atoms in total. The van der Waals surface area contributed by atoms with Crippen LogP contribution in [0.15, 0.2) is 12.2 Å². The van der Waals surface area contributed by atoms with Gasteiger partial charge in [-0.25, -0.2) is 0 Å². The molecule has 2 unspecified atom stereocenters. The smallest absolute Gasteiger partial charge is 0.306 e. The molecule has 0 aromatic rings. The van der Waals surface area contributed by atoms with Gasteiger partial charge in [-0.3, -0.25) is 4.79 Å². The van der Waals surface area contributed by atoms with E-state index in [0.717, 1.165) is 44.9 Å². The van der Waals surface area contributed by atoms with Gasteiger partial charge in [0.2, 0.25) is 0 Å². The molecule has 0 amide bonds. The third-order valence-electron chi connectivity index (χ3n) is 4.10. The summed E-state index contributed by atoms with van der Waals surface area (Å²) in [4.78, 5) is 11.9. The van der Waals surface area contributed by atoms with Crippen molar-refractivity contribution in [2.75, 3.05) is 0 Å². The summed E-state index contributed by atoms with van der Waals surface area (Å²) in [5.41, 5.74) is 0. The van der Waals surface area contributed by atoms with Gasteiger partial charge in [0.25, 0.3) is 0 Å². The summed E-state index contributed by atoms with van der Waals surface area (Å²) >= 11 is 0. The van der Waals surface area contributed by atoms with Gasteiger partial charge >= 0.3 is 5.97 Å². The molecule has 0 fully saturated rings. The molecule has 1 aliphatic rings. The first-order valence-corrected chi connectivity index (χ1v) is 8.76. The largest absolute Gasteiger partial charge is 0.460 e. The molecule has 3 heteroatoms. The van der Waals surface area contributed by atoms with E-state index in [0.29, 0.717) is 12.8 Å². The standard InChI is InChI=1S/C18H32O3/c1-2-3-10-14-17-16(19)13-11-8-6-4-5-7-9-12-15-18(20)21-17/h8,11,16-17,19H,2-7,9-10,12-15H2,1H3. The van der Waals surface area contributed by atoms with E-state index in [9.17, 15) is 9.90 Å². The fourth-order valence-electron chi connectivity index (χ4n) is 2.72. The lowest BCUT2D eigenvalue weighted by Crippen LogP contribution is -2.31. The Morgan fingerprint density at radius 3 is 2.71 bits per heavy atom. The second kappa shape index (κ2) is 11.8. The lowest BCUT2D eigenvalue weighted by atomic mass is 10.0. The highest BCUT2D eigenvalue weighted by Gasteiger charge is 2.22. The van der Waals surface area contributed by atoms with Gasteiger partial charge in [0.15, 0.2) is 0 Å². The molecule has 0 aromatic carbocycles. The van der Waals surface area contributed by atoms with Crippen LogP contribution in [0.1, 0.15) is 84.0 Å². The van der Waals surface area contributed by atoms with Crippen LogP contribution in [-0.2, 0) is 9.53 Å². The fraction of sp³-hybridized carbons (Fsp3) is 0.833. The van der Waals surface area contributed by atoms with E-state index >= 15 is 0 Å². The van der Waals surface area contributed by atoms with Crippen molar-refractivity contribution in [3.63, 3.8) is 0 Å². The lowest BCUT2D eigenvalue weighted by Gasteiger charge is -2.22. The summed E-state index contributed by atoms with van der Waals surface area (Å²) in [5.74, 6) is -0.142. The number of allylic oxidation sites excluding steroid dienone is 1. The monoisotopic (exact) mass is 296 g/mol. The molecule has 0 aromatic heterocycles. The summed E-state index contributed by atoms with van der Waals surface area (Å²) in [6, 6.07) is 0. The number of carbonyl (C=O) groups is 1. The number of rotatable bonds is 4. The number of ether oxygens (including phenoxy) is 1. The minimum Gasteiger partial charge on any atom is -0.460 e. The van der Waals surface area contributed by atoms with Crippen LogP contribution in [0.25, 0.3) is 0 Å². The number of unbranched alkanes of at least 4 members (excludes halogenated alkanes) is 2. The Morgan fingerprint density at radius 2 is 1.90 bits per heavy atom. The molecule has 1 aliphatic heterocycles. The molecule has 0 saturated carbocycles. The van der Waals surface area contributed by atoms with Crippen LogP contribution in [0.5, 0.6) is 0 Å². The number of aliphatic hydroxyl groups is 1. The lowest BCUT2D eigenvalue weighted by molar-refractivity contribution is -0.155. The van der Waals surface area contributed by atoms with Crippen molar-refractivity contribution in [2.24, 2.45) is 0 Å². The molecule has 21 heavy (non-hydrogen) atoms. The maximum Gasteiger partial charge on any atom is 0.306 e. The summed E-state index contributed by atoms with van der Waals surface area (Å²) in [6.45, 7) is 2.15. The molecule has 0 aliphatic carbocycles. The van der Waals surface area contributed by atoms with E-state index in [4.69, 9.17) is 4.74 Å². The van der Waals surface area contributed by atoms with Gasteiger partial charge in [-0.05, 0) is 38.5 Å². The van der Waals surface area contributed by atoms with Crippen molar-refractivity contribution in [3.8, 4) is 0 Å². The second-order valence-electron chi connectivity index (χ2n) is 6.10. The van der Waals surface area contributed by atoms with Crippen molar-refractivity contribution < 1.29 is 14.6 Å². The molecule has 122 valence electrons. The van der Waals surface area contributed by atoms with Crippen molar-refractivity contribution in [2.45, 2.75) is 96.2 Å². The maximum atomic E-state index is 11.9. The van der Waals surface area contributed by atoms with Crippen LogP contribution in [0.3, 0.4) is 0 Å². The van der Waals surface area contributed by atoms with Crippen LogP contribution in [0, 0.1) is 0 Å². The first kappa shape index (κ1) is 18.2. The highest BCUT2D eigenvalue weighted by molar-refractivity contribution is 5.69. The van der Waals surface area contributed by atoms with Crippen LogP contribution in [0.2, 0.25) is 0 Å². The van der Waals surface area contributed by atoms with Crippen LogP contribution in [-0.4, -0.2) is 23.3 Å². The summed E-state index contributed by atoms with van der Waals surface area (Å²) in [7, 11) is 0. The van der Waals surface area contributed by atoms with Gasteiger partial charge in [-0.2, -0.15) is 0 Å². The van der Waals surface area contributed by atoms with Gasteiger partial charge in [-0.1, -0.05) is 51.2 Å². The van der Waals surface area contributed by atoms with Crippen molar-refractivity contribution in [1.82, 2.24) is 0 Å². The number of hydrogen-bond donors (Lipinski definition) is 1. The quantitative estimate of drug-likeness (QED) is 0.471. The third kappa shape index (κ3) is 8.92. The second-order valence-corrected chi connectivity index (χ2v) is 6.10. The Labute approximate surface area is 129 Å². The van der Waals surface area contributed by atoms with E-state index in [1.807, 2.05) is 6.08 Å². The summed E-state index contributed by atoms with van der Waals surface area (Å²) in [6.07, 6.45) is 15.1. The van der Waals surface area contributed by atoms with Gasteiger partial charge in [0, 0.05) is 6.42 Å². The first-order valence-electron chi connectivity index (χ1n) is 8.76. The normalized spacial score (nSPS) is 26.1. The topological polar surface area (TPSA) is 46.5 Å². The summed E-state index contributed by atoms with van der Waals surface area (Å²) in [5, 5.41) is 10.3. The number of carbonyl (C=O) groups excluding carboxylic acids is 1. The SMILES string of the molecule is CCCCCC1OC(=O)CCCCCCCC=CCC1O. The zero-order chi connectivity index (χ0) is 15.3. The van der Waals surface area contributed by atoms with Gasteiger partial charge < -0.3 is 9.84 Å². The van der Waals surface area contributed by atoms with Crippen molar-refractivity contribution >= 4 is 5.97 Å². The van der Waals surface area contributed by atoms with Crippen LogP contribution >= 0.6 is 0 Å². The molecule has 0 spiro atoms. The number of aliphatic hydroxyl groups excluding tert-OH is 1. The highest BCUT2D eigenvalue weighted by atomic mass is 16.6. The molecule has 0 radical (unpaired) electrons. The molecule has 1 heterocycles. The minimum atomic E-state index is -0.565. The minimum absolute atomic E-state index is 0.142. The zero-order valence-corrected chi connectivity index (χ0v) is 13.6. The van der Waals surface area contributed by atoms with E-state index in [-0.39, 0.29) is 12.1 Å². The van der Waals surface area contributed by atoms with E-state index < -0.39 is 6.10 Å². The summed E-state index contributed by atoms with van der Waals surface area (Å²) < 4.78 is 5.53. The molecule has 0 saturated heterocycles. The van der Waals surface area contributed by atoms with Crippen molar-refractivity contribution in [1.29, 1.82) is 0 Å². The number of esters is 1. The first-order chi connectivity index (χ1) is 10.2. The van der Waals surface area contributed by atoms with Crippen LogP contribution in [0.4, 0.5) is 0 Å². The predicted octanol–water partition coefficient (Wildman–Crippen LogP) is 4.53. The average Bonchev–Trinajstić information content (AvgIpc) is 2.47. The van der Waals surface area contributed by atoms with Crippen molar-refractivity contribution in [3.05, 3.63) is 12.2 Å². The van der Waals surface area contributed by atoms with Gasteiger partial charge in [0.1, 0.15) is 6.10 Å². The Hall–Kier alpha value is -0.830. The number of cyclic esters (lactones) is 1. The third-order valence-corrected chi connectivity index (χ3v) is 4.10. The zero-order valence-electron chi connectivity index (χ0n) is 13.6. The predicted molar refractivity (Wildman–Crippen MR) is 86.1 cm³/mol. The highest BCUT2D eigenvalue weighted by Crippen LogP contribution is 2.17. The molecular weight excluding hydrogens is 264 g/mol. The van der Waals surface area contributed by atoms with E-state index in [2.05, 4.69) is 13.0 Å². The molecule has 0 bridgehead atoms. The Bertz CT molecular complexity index is 299. The number of hydrogen-bond acceptors (Lipinski definition) is 3. The Morgan fingerprint density at radius 1 is 1.14 bits per heavy atom. The maximum absolute atomic E-state index is 11.9. The van der Waals surface area contributed by atoms with Gasteiger partial charge in [-0.15, -0.1) is 0 Å².